The Morgan fingerprint density at radius 3 is 2.83 bits per heavy atom. The molecule has 0 saturated carbocycles. The number of benzene rings is 1. The van der Waals surface area contributed by atoms with Crippen LogP contribution in [0.4, 0.5) is 0 Å². The van der Waals surface area contributed by atoms with Crippen molar-refractivity contribution in [2.75, 3.05) is 6.54 Å². The van der Waals surface area contributed by atoms with Crippen LogP contribution in [0.2, 0.25) is 0 Å². The molecule has 1 atom stereocenters. The number of nitrogens with zero attached hydrogens (tertiary/aromatic N) is 1. The number of carbonyl (C=O) groups is 1. The smallest absolute Gasteiger partial charge is 0.273 e. The second-order valence-electron chi connectivity index (χ2n) is 5.02. The molecule has 2 aromatic heterocycles. The molecule has 23 heavy (non-hydrogen) atoms. The second kappa shape index (κ2) is 7.21. The summed E-state index contributed by atoms with van der Waals surface area (Å²) in [7, 11) is 0. The number of carbonyl (C=O) groups excluding carboxylic acids is 1. The van der Waals surface area contributed by atoms with Gasteiger partial charge in [-0.25, -0.2) is 0 Å². The van der Waals surface area contributed by atoms with Crippen molar-refractivity contribution in [3.8, 4) is 11.3 Å². The van der Waals surface area contributed by atoms with Crippen LogP contribution in [0.5, 0.6) is 0 Å². The highest BCUT2D eigenvalue weighted by atomic mass is 32.1. The third kappa shape index (κ3) is 3.85. The van der Waals surface area contributed by atoms with Crippen molar-refractivity contribution in [3.05, 3.63) is 64.5 Å². The van der Waals surface area contributed by atoms with Gasteiger partial charge in [-0.1, -0.05) is 41.6 Å². The van der Waals surface area contributed by atoms with Crippen LogP contribution in [-0.2, 0) is 0 Å². The van der Waals surface area contributed by atoms with E-state index < -0.39 is 6.10 Å². The summed E-state index contributed by atoms with van der Waals surface area (Å²) in [5.74, 6) is 0.240. The molecule has 3 aromatic rings. The van der Waals surface area contributed by atoms with Gasteiger partial charge >= 0.3 is 0 Å². The van der Waals surface area contributed by atoms with Gasteiger partial charge in [-0.2, -0.15) is 0 Å². The van der Waals surface area contributed by atoms with Crippen molar-refractivity contribution in [2.45, 2.75) is 12.5 Å². The summed E-state index contributed by atoms with van der Waals surface area (Å²) in [6, 6.07) is 14.8. The zero-order chi connectivity index (χ0) is 16.1. The lowest BCUT2D eigenvalue weighted by atomic mass is 10.1. The van der Waals surface area contributed by atoms with E-state index in [9.17, 15) is 9.90 Å². The Labute approximate surface area is 137 Å². The molecular formula is C17H16N2O3S. The number of hydrogen-bond acceptors (Lipinski definition) is 5. The Kier molecular flexibility index (Phi) is 4.85. The number of nitrogens with one attached hydrogen (secondary N) is 1. The number of aliphatic hydroxyl groups excluding tert-OH is 1. The normalized spacial score (nSPS) is 12.0. The van der Waals surface area contributed by atoms with Gasteiger partial charge in [0.15, 0.2) is 11.5 Å². The van der Waals surface area contributed by atoms with Crippen LogP contribution in [0.15, 0.2) is 58.4 Å². The fourth-order valence-corrected chi connectivity index (χ4v) is 2.90. The summed E-state index contributed by atoms with van der Waals surface area (Å²) in [6.07, 6.45) is -0.108. The first-order valence-corrected chi connectivity index (χ1v) is 8.14. The van der Waals surface area contributed by atoms with Crippen LogP contribution in [0, 0.1) is 0 Å². The molecule has 0 fully saturated rings. The lowest BCUT2D eigenvalue weighted by Gasteiger charge is -2.08. The molecule has 6 heteroatoms. The van der Waals surface area contributed by atoms with Gasteiger partial charge in [0.2, 0.25) is 0 Å². The van der Waals surface area contributed by atoms with Crippen molar-refractivity contribution >= 4 is 17.2 Å². The van der Waals surface area contributed by atoms with Crippen LogP contribution in [0.3, 0.4) is 0 Å². The maximum atomic E-state index is 12.0. The Balaban J connectivity index is 1.54. The molecule has 2 N–H and O–H groups in total. The molecule has 1 aromatic carbocycles. The molecule has 118 valence electrons. The van der Waals surface area contributed by atoms with Gasteiger partial charge in [0.25, 0.3) is 5.91 Å². The fourth-order valence-electron chi connectivity index (χ4n) is 2.16. The molecule has 0 saturated heterocycles. The van der Waals surface area contributed by atoms with Gasteiger partial charge in [-0.3, -0.25) is 4.79 Å². The summed E-state index contributed by atoms with van der Waals surface area (Å²) in [5, 5.41) is 18.4. The van der Waals surface area contributed by atoms with Gasteiger partial charge in [0.05, 0.1) is 6.10 Å². The van der Waals surface area contributed by atoms with Gasteiger partial charge in [0, 0.05) is 23.1 Å². The Hall–Kier alpha value is -2.44. The second-order valence-corrected chi connectivity index (χ2v) is 6.00. The number of aliphatic hydroxyl groups is 1. The van der Waals surface area contributed by atoms with E-state index in [0.717, 1.165) is 10.4 Å². The number of amides is 1. The highest BCUT2D eigenvalue weighted by Crippen LogP contribution is 2.21. The molecule has 1 unspecified atom stereocenters. The number of hydrogen-bond donors (Lipinski definition) is 2. The van der Waals surface area contributed by atoms with E-state index in [4.69, 9.17) is 4.52 Å². The molecule has 5 nitrogen and oxygen atoms in total. The lowest BCUT2D eigenvalue weighted by molar-refractivity contribution is 0.0934. The minimum absolute atomic E-state index is 0.231. The highest BCUT2D eigenvalue weighted by molar-refractivity contribution is 7.10. The molecule has 0 bridgehead atoms. The average Bonchev–Trinajstić information content (AvgIpc) is 3.27. The third-order valence-electron chi connectivity index (χ3n) is 3.38. The zero-order valence-corrected chi connectivity index (χ0v) is 13.1. The van der Waals surface area contributed by atoms with Crippen molar-refractivity contribution < 1.29 is 14.4 Å². The molecule has 0 aliphatic heterocycles. The maximum absolute atomic E-state index is 12.0. The lowest BCUT2D eigenvalue weighted by Crippen LogP contribution is -2.25. The van der Waals surface area contributed by atoms with E-state index in [0.29, 0.717) is 18.7 Å². The van der Waals surface area contributed by atoms with Crippen molar-refractivity contribution in [1.82, 2.24) is 10.5 Å². The van der Waals surface area contributed by atoms with Crippen LogP contribution in [-0.4, -0.2) is 22.7 Å². The molecule has 3 rings (SSSR count). The summed E-state index contributed by atoms with van der Waals surface area (Å²) >= 11 is 1.50. The summed E-state index contributed by atoms with van der Waals surface area (Å²) in [5.41, 5.74) is 1.10. The van der Waals surface area contributed by atoms with Crippen molar-refractivity contribution in [1.29, 1.82) is 0 Å². The standard InChI is InChI=1S/C17H16N2O3S/c20-14(16-7-4-10-23-16)8-9-18-17(21)13-11-15(22-19-13)12-5-2-1-3-6-12/h1-7,10-11,14,20H,8-9H2,(H,18,21). The fraction of sp³-hybridized carbons (Fsp3) is 0.176. The van der Waals surface area contributed by atoms with E-state index in [1.54, 1.807) is 6.07 Å². The van der Waals surface area contributed by atoms with Crippen molar-refractivity contribution in [2.24, 2.45) is 0 Å². The minimum atomic E-state index is -0.563. The average molecular weight is 328 g/mol. The highest BCUT2D eigenvalue weighted by Gasteiger charge is 2.14. The molecule has 0 aliphatic carbocycles. The quantitative estimate of drug-likeness (QED) is 0.728. The zero-order valence-electron chi connectivity index (χ0n) is 12.3. The van der Waals surface area contributed by atoms with E-state index in [-0.39, 0.29) is 11.6 Å². The summed E-state index contributed by atoms with van der Waals surface area (Å²) in [6.45, 7) is 0.366. The van der Waals surface area contributed by atoms with Crippen LogP contribution in [0.1, 0.15) is 27.9 Å². The van der Waals surface area contributed by atoms with Crippen LogP contribution < -0.4 is 5.32 Å². The summed E-state index contributed by atoms with van der Waals surface area (Å²) < 4.78 is 5.20. The molecule has 0 spiro atoms. The van der Waals surface area contributed by atoms with Crippen LogP contribution in [0.25, 0.3) is 11.3 Å². The molecule has 0 radical (unpaired) electrons. The summed E-state index contributed by atoms with van der Waals surface area (Å²) in [4.78, 5) is 12.9. The van der Waals surface area contributed by atoms with Gasteiger partial charge in [0.1, 0.15) is 0 Å². The topological polar surface area (TPSA) is 75.4 Å². The molecular weight excluding hydrogens is 312 g/mol. The first-order valence-electron chi connectivity index (χ1n) is 7.26. The van der Waals surface area contributed by atoms with E-state index in [1.807, 2.05) is 47.8 Å². The Bertz CT molecular complexity index is 753. The first-order chi connectivity index (χ1) is 11.2. The largest absolute Gasteiger partial charge is 0.388 e. The van der Waals surface area contributed by atoms with Gasteiger partial charge < -0.3 is 14.9 Å². The molecule has 0 aliphatic rings. The van der Waals surface area contributed by atoms with Gasteiger partial charge in [-0.15, -0.1) is 11.3 Å². The predicted octanol–water partition coefficient (Wildman–Crippen LogP) is 3.26. The molecule has 1 amide bonds. The number of thiophene rings is 1. The third-order valence-corrected chi connectivity index (χ3v) is 4.35. The van der Waals surface area contributed by atoms with E-state index in [1.165, 1.54) is 11.3 Å². The maximum Gasteiger partial charge on any atom is 0.273 e. The molecule has 2 heterocycles. The van der Waals surface area contributed by atoms with Gasteiger partial charge in [-0.05, 0) is 17.9 Å². The van der Waals surface area contributed by atoms with Crippen molar-refractivity contribution in [3.63, 3.8) is 0 Å². The minimum Gasteiger partial charge on any atom is -0.388 e. The first kappa shape index (κ1) is 15.5. The number of rotatable bonds is 6. The van der Waals surface area contributed by atoms with Crippen LogP contribution >= 0.6 is 11.3 Å². The Morgan fingerprint density at radius 2 is 2.09 bits per heavy atom. The Morgan fingerprint density at radius 1 is 1.26 bits per heavy atom. The van der Waals surface area contributed by atoms with E-state index in [2.05, 4.69) is 10.5 Å². The number of aromatic nitrogens is 1. The SMILES string of the molecule is O=C(NCCC(O)c1cccs1)c1cc(-c2ccccc2)on1. The predicted molar refractivity (Wildman–Crippen MR) is 88.2 cm³/mol. The van der Waals surface area contributed by atoms with E-state index >= 15 is 0 Å². The monoisotopic (exact) mass is 328 g/mol.